The molecule has 0 aromatic heterocycles. The van der Waals surface area contributed by atoms with Crippen LogP contribution in [0.15, 0.2) is 60.7 Å². The van der Waals surface area contributed by atoms with E-state index < -0.39 is 0 Å². The molecule has 0 spiro atoms. The van der Waals surface area contributed by atoms with E-state index in [0.717, 1.165) is 11.1 Å². The standard InChI is InChI=1S/C13H10O.Sr/c14-13(11-7-3-1-4-8-11)12-9-5-2-6-10-12;/h1-10H;/q;+2. The smallest absolute Gasteiger partial charge is 0.289 e. The van der Waals surface area contributed by atoms with Crippen LogP contribution < -0.4 is 0 Å². The predicted molar refractivity (Wildman–Crippen MR) is 62.1 cm³/mol. The van der Waals surface area contributed by atoms with Crippen LogP contribution in [0.1, 0.15) is 15.9 Å². The molecule has 68 valence electrons. The van der Waals surface area contributed by atoms with Crippen molar-refractivity contribution in [3.05, 3.63) is 71.8 Å². The Hall–Kier alpha value is -0.409. The van der Waals surface area contributed by atoms with Gasteiger partial charge in [0.05, 0.1) is 0 Å². The molecule has 2 aromatic rings. The molecule has 0 aliphatic carbocycles. The van der Waals surface area contributed by atoms with Gasteiger partial charge in [0.25, 0.3) is 0 Å². The van der Waals surface area contributed by atoms with Crippen molar-refractivity contribution in [2.75, 3.05) is 0 Å². The van der Waals surface area contributed by atoms with Gasteiger partial charge in [0.15, 0.2) is 5.78 Å². The molecule has 0 aliphatic rings. The first-order valence-electron chi connectivity index (χ1n) is 4.53. The van der Waals surface area contributed by atoms with Crippen LogP contribution in [0, 0.1) is 0 Å². The molecule has 2 aromatic carbocycles. The van der Waals surface area contributed by atoms with Gasteiger partial charge >= 0.3 is 45.5 Å². The second-order valence-electron chi connectivity index (χ2n) is 3.06. The maximum absolute atomic E-state index is 11.8. The Bertz CT molecular complexity index is 381. The first-order chi connectivity index (χ1) is 6.88. The first-order valence-corrected chi connectivity index (χ1v) is 4.53. The average molecular weight is 270 g/mol. The van der Waals surface area contributed by atoms with Crippen molar-refractivity contribution in [3.63, 3.8) is 0 Å². The first kappa shape index (κ1) is 12.7. The third kappa shape index (κ3) is 3.28. The third-order valence-electron chi connectivity index (χ3n) is 2.07. The summed E-state index contributed by atoms with van der Waals surface area (Å²) >= 11 is 0. The van der Waals surface area contributed by atoms with Crippen LogP contribution in [0.2, 0.25) is 0 Å². The summed E-state index contributed by atoms with van der Waals surface area (Å²) in [6.45, 7) is 0. The van der Waals surface area contributed by atoms with Gasteiger partial charge in [0.1, 0.15) is 0 Å². The Morgan fingerprint density at radius 3 is 1.33 bits per heavy atom. The van der Waals surface area contributed by atoms with Crippen molar-refractivity contribution in [2.45, 2.75) is 0 Å². The molecule has 2 rings (SSSR count). The Morgan fingerprint density at radius 1 is 0.667 bits per heavy atom. The van der Waals surface area contributed by atoms with Gasteiger partial charge in [-0.05, 0) is 0 Å². The zero-order chi connectivity index (χ0) is 9.80. The van der Waals surface area contributed by atoms with Crippen LogP contribution in [0.5, 0.6) is 0 Å². The van der Waals surface area contributed by atoms with Crippen molar-refractivity contribution in [3.8, 4) is 0 Å². The summed E-state index contributed by atoms with van der Waals surface area (Å²) in [5, 5.41) is 0. The molecule has 0 saturated carbocycles. The molecular formula is C13H10OSr+2. The maximum atomic E-state index is 11.8. The van der Waals surface area contributed by atoms with E-state index in [9.17, 15) is 4.79 Å². The minimum Gasteiger partial charge on any atom is -0.289 e. The molecule has 0 radical (unpaired) electrons. The molecule has 0 bridgehead atoms. The summed E-state index contributed by atoms with van der Waals surface area (Å²) < 4.78 is 0. The fraction of sp³-hybridized carbons (Fsp3) is 0. The van der Waals surface area contributed by atoms with Crippen molar-refractivity contribution < 1.29 is 4.79 Å². The van der Waals surface area contributed by atoms with Gasteiger partial charge in [-0.25, -0.2) is 0 Å². The fourth-order valence-corrected chi connectivity index (χ4v) is 1.35. The summed E-state index contributed by atoms with van der Waals surface area (Å²) in [7, 11) is 0. The van der Waals surface area contributed by atoms with Gasteiger partial charge < -0.3 is 0 Å². The molecule has 15 heavy (non-hydrogen) atoms. The Kier molecular flexibility index (Phi) is 5.26. The zero-order valence-corrected chi connectivity index (χ0v) is 11.9. The van der Waals surface area contributed by atoms with Gasteiger partial charge in [-0.3, -0.25) is 4.79 Å². The van der Waals surface area contributed by atoms with Crippen LogP contribution in [0.3, 0.4) is 0 Å². The topological polar surface area (TPSA) is 17.1 Å². The molecule has 0 unspecified atom stereocenters. The van der Waals surface area contributed by atoms with Crippen LogP contribution in [0.25, 0.3) is 0 Å². The minimum absolute atomic E-state index is 0. The number of carbonyl (C=O) groups is 1. The van der Waals surface area contributed by atoms with Crippen LogP contribution >= 0.6 is 0 Å². The zero-order valence-electron chi connectivity index (χ0n) is 8.39. The monoisotopic (exact) mass is 270 g/mol. The summed E-state index contributed by atoms with van der Waals surface area (Å²) in [5.41, 5.74) is 1.47. The molecule has 0 heterocycles. The largest absolute Gasteiger partial charge is 2.00 e. The SMILES string of the molecule is O=C(c1ccccc1)c1ccccc1.[Sr+2]. The molecule has 2 heteroatoms. The van der Waals surface area contributed by atoms with Crippen molar-refractivity contribution in [2.24, 2.45) is 0 Å². The van der Waals surface area contributed by atoms with Crippen molar-refractivity contribution in [1.82, 2.24) is 0 Å². The molecule has 0 fully saturated rings. The van der Waals surface area contributed by atoms with E-state index in [1.54, 1.807) is 0 Å². The van der Waals surface area contributed by atoms with E-state index >= 15 is 0 Å². The summed E-state index contributed by atoms with van der Waals surface area (Å²) in [4.78, 5) is 11.8. The Labute approximate surface area is 126 Å². The molecule has 1 nitrogen and oxygen atoms in total. The van der Waals surface area contributed by atoms with E-state index in [4.69, 9.17) is 0 Å². The summed E-state index contributed by atoms with van der Waals surface area (Å²) in [6.07, 6.45) is 0. The number of hydrogen-bond donors (Lipinski definition) is 0. The van der Waals surface area contributed by atoms with Crippen LogP contribution in [-0.4, -0.2) is 51.3 Å². The molecule has 0 N–H and O–H groups in total. The van der Waals surface area contributed by atoms with E-state index in [-0.39, 0.29) is 51.3 Å². The average Bonchev–Trinajstić information content (AvgIpc) is 2.30. The van der Waals surface area contributed by atoms with Crippen LogP contribution in [-0.2, 0) is 0 Å². The third-order valence-corrected chi connectivity index (χ3v) is 2.07. The molecule has 0 aliphatic heterocycles. The Balaban J connectivity index is 0.00000112. The summed E-state index contributed by atoms with van der Waals surface area (Å²) in [5.74, 6) is 0.0752. The number of benzene rings is 2. The minimum atomic E-state index is 0. The van der Waals surface area contributed by atoms with E-state index in [1.807, 2.05) is 60.7 Å². The number of ketones is 1. The van der Waals surface area contributed by atoms with Crippen molar-refractivity contribution >= 4 is 51.3 Å². The van der Waals surface area contributed by atoms with Crippen molar-refractivity contribution in [1.29, 1.82) is 0 Å². The number of carbonyl (C=O) groups excluding carboxylic acids is 1. The fourth-order valence-electron chi connectivity index (χ4n) is 1.35. The van der Waals surface area contributed by atoms with Crippen LogP contribution in [0.4, 0.5) is 0 Å². The second-order valence-corrected chi connectivity index (χ2v) is 3.06. The molecule has 0 amide bonds. The van der Waals surface area contributed by atoms with Gasteiger partial charge in [0, 0.05) is 11.1 Å². The van der Waals surface area contributed by atoms with E-state index in [0.29, 0.717) is 0 Å². The van der Waals surface area contributed by atoms with Gasteiger partial charge in [0.2, 0.25) is 0 Å². The number of rotatable bonds is 2. The number of hydrogen-bond acceptors (Lipinski definition) is 1. The molecule has 0 saturated heterocycles. The Morgan fingerprint density at radius 2 is 1.00 bits per heavy atom. The van der Waals surface area contributed by atoms with Gasteiger partial charge in [-0.2, -0.15) is 0 Å². The van der Waals surface area contributed by atoms with Gasteiger partial charge in [-0.15, -0.1) is 0 Å². The van der Waals surface area contributed by atoms with Gasteiger partial charge in [-0.1, -0.05) is 60.7 Å². The maximum Gasteiger partial charge on any atom is 2.00 e. The quantitative estimate of drug-likeness (QED) is 0.605. The normalized spacial score (nSPS) is 9.07. The second kappa shape index (κ2) is 6.23. The molecule has 0 atom stereocenters. The molecular weight excluding hydrogens is 260 g/mol. The predicted octanol–water partition coefficient (Wildman–Crippen LogP) is 2.54. The van der Waals surface area contributed by atoms with E-state index in [1.165, 1.54) is 0 Å². The summed E-state index contributed by atoms with van der Waals surface area (Å²) in [6, 6.07) is 18.6. The van der Waals surface area contributed by atoms with E-state index in [2.05, 4.69) is 0 Å².